The van der Waals surface area contributed by atoms with Crippen LogP contribution in [0, 0.1) is 10.1 Å². The number of nitro benzene ring substituents is 1. The Morgan fingerprint density at radius 1 is 1.17 bits per heavy atom. The van der Waals surface area contributed by atoms with Gasteiger partial charge in [0.15, 0.2) is 12.4 Å². The zero-order valence-corrected chi connectivity index (χ0v) is 19.8. The third kappa shape index (κ3) is 5.09. The normalized spacial score (nSPS) is 11.0. The SMILES string of the molecule is COC(=O)COc1c(Br)cc(C=Nn2c(-c3ccccc3)nc3ccccc3c2=O)cc1[N+](=O)[O-]. The molecule has 11 heteroatoms. The number of fused-ring (bicyclic) bond motifs is 1. The van der Waals surface area contributed by atoms with Gasteiger partial charge in [0.05, 0.1) is 33.6 Å². The Balaban J connectivity index is 1.81. The van der Waals surface area contributed by atoms with Gasteiger partial charge in [-0.3, -0.25) is 14.9 Å². The number of rotatable bonds is 7. The quantitative estimate of drug-likeness (QED) is 0.150. The Hall–Kier alpha value is -4.38. The van der Waals surface area contributed by atoms with Gasteiger partial charge in [0.1, 0.15) is 0 Å². The number of nitro groups is 1. The van der Waals surface area contributed by atoms with Crippen LogP contribution in [0.15, 0.2) is 81.1 Å². The Kier molecular flexibility index (Phi) is 6.97. The molecule has 1 aromatic heterocycles. The first-order valence-electron chi connectivity index (χ1n) is 10.2. The third-order valence-electron chi connectivity index (χ3n) is 4.91. The molecule has 0 amide bonds. The molecule has 4 rings (SSSR count). The number of carbonyl (C=O) groups excluding carboxylic acids is 1. The minimum atomic E-state index is -0.687. The van der Waals surface area contributed by atoms with Gasteiger partial charge in [-0.1, -0.05) is 42.5 Å². The summed E-state index contributed by atoms with van der Waals surface area (Å²) in [5, 5.41) is 16.3. The lowest BCUT2D eigenvalue weighted by Crippen LogP contribution is -2.20. The van der Waals surface area contributed by atoms with Crippen molar-refractivity contribution in [2.45, 2.75) is 0 Å². The summed E-state index contributed by atoms with van der Waals surface area (Å²) >= 11 is 3.24. The molecule has 3 aromatic carbocycles. The highest BCUT2D eigenvalue weighted by molar-refractivity contribution is 9.10. The van der Waals surface area contributed by atoms with Crippen molar-refractivity contribution in [3.8, 4) is 17.1 Å². The van der Waals surface area contributed by atoms with Gasteiger partial charge in [0.2, 0.25) is 5.75 Å². The molecule has 4 aromatic rings. The molecule has 0 aliphatic heterocycles. The topological polar surface area (TPSA) is 126 Å². The van der Waals surface area contributed by atoms with E-state index < -0.39 is 28.7 Å². The fourth-order valence-electron chi connectivity index (χ4n) is 3.27. The Morgan fingerprint density at radius 2 is 1.89 bits per heavy atom. The number of para-hydroxylation sites is 1. The smallest absolute Gasteiger partial charge is 0.343 e. The highest BCUT2D eigenvalue weighted by Gasteiger charge is 2.21. The number of nitrogens with zero attached hydrogens (tertiary/aromatic N) is 4. The average molecular weight is 537 g/mol. The maximum absolute atomic E-state index is 13.2. The van der Waals surface area contributed by atoms with E-state index in [1.165, 1.54) is 25.5 Å². The van der Waals surface area contributed by atoms with Crippen LogP contribution in [0.3, 0.4) is 0 Å². The number of hydrogen-bond donors (Lipinski definition) is 0. The summed E-state index contributed by atoms with van der Waals surface area (Å²) in [4.78, 5) is 40.2. The summed E-state index contributed by atoms with van der Waals surface area (Å²) in [5.41, 5.74) is 0.724. The van der Waals surface area contributed by atoms with Gasteiger partial charge in [-0.05, 0) is 34.1 Å². The molecular formula is C24H17BrN4O6. The maximum Gasteiger partial charge on any atom is 0.343 e. The fraction of sp³-hybridized carbons (Fsp3) is 0.0833. The van der Waals surface area contributed by atoms with Gasteiger partial charge in [-0.25, -0.2) is 9.78 Å². The number of carbonyl (C=O) groups is 1. The molecule has 0 fully saturated rings. The van der Waals surface area contributed by atoms with Crippen LogP contribution in [0.25, 0.3) is 22.3 Å². The number of esters is 1. The number of halogens is 1. The second kappa shape index (κ2) is 10.3. The molecule has 0 aliphatic carbocycles. The second-order valence-corrected chi connectivity index (χ2v) is 8.01. The molecule has 0 unspecified atom stereocenters. The average Bonchev–Trinajstić information content (AvgIpc) is 2.87. The summed E-state index contributed by atoms with van der Waals surface area (Å²) in [6, 6.07) is 18.7. The van der Waals surface area contributed by atoms with Crippen molar-refractivity contribution in [2.75, 3.05) is 13.7 Å². The van der Waals surface area contributed by atoms with E-state index in [-0.39, 0.29) is 10.2 Å². The highest BCUT2D eigenvalue weighted by atomic mass is 79.9. The first-order valence-corrected chi connectivity index (χ1v) is 11.0. The largest absolute Gasteiger partial charge is 0.474 e. The summed E-state index contributed by atoms with van der Waals surface area (Å²) < 4.78 is 11.2. The van der Waals surface area contributed by atoms with E-state index in [2.05, 4.69) is 30.8 Å². The number of methoxy groups -OCH3 is 1. The number of ether oxygens (including phenoxy) is 2. The van der Waals surface area contributed by atoms with Crippen molar-refractivity contribution in [1.82, 2.24) is 9.66 Å². The van der Waals surface area contributed by atoms with Crippen LogP contribution < -0.4 is 10.3 Å². The lowest BCUT2D eigenvalue weighted by Gasteiger charge is -2.10. The van der Waals surface area contributed by atoms with Gasteiger partial charge in [-0.15, -0.1) is 0 Å². The van der Waals surface area contributed by atoms with Gasteiger partial charge < -0.3 is 9.47 Å². The molecule has 176 valence electrons. The van der Waals surface area contributed by atoms with Crippen molar-refractivity contribution >= 4 is 44.7 Å². The predicted octanol–water partition coefficient (Wildman–Crippen LogP) is 4.17. The van der Waals surface area contributed by atoms with Crippen LogP contribution in [0.1, 0.15) is 5.56 Å². The molecule has 10 nitrogen and oxygen atoms in total. The van der Waals surface area contributed by atoms with E-state index in [1.54, 1.807) is 36.4 Å². The summed E-state index contributed by atoms with van der Waals surface area (Å²) in [7, 11) is 1.18. The molecule has 0 spiro atoms. The third-order valence-corrected chi connectivity index (χ3v) is 5.50. The van der Waals surface area contributed by atoms with Crippen LogP contribution in [-0.4, -0.2) is 40.5 Å². The predicted molar refractivity (Wildman–Crippen MR) is 133 cm³/mol. The van der Waals surface area contributed by atoms with Crippen molar-refractivity contribution in [3.05, 3.63) is 97.2 Å². The summed E-state index contributed by atoms with van der Waals surface area (Å²) in [6.07, 6.45) is 1.31. The molecule has 0 aliphatic rings. The molecular weight excluding hydrogens is 520 g/mol. The first kappa shape index (κ1) is 23.8. The minimum absolute atomic E-state index is 0.132. The van der Waals surface area contributed by atoms with Crippen molar-refractivity contribution in [2.24, 2.45) is 5.10 Å². The fourth-order valence-corrected chi connectivity index (χ4v) is 3.85. The molecule has 0 bridgehead atoms. The van der Waals surface area contributed by atoms with Gasteiger partial charge in [-0.2, -0.15) is 9.78 Å². The van der Waals surface area contributed by atoms with E-state index >= 15 is 0 Å². The van der Waals surface area contributed by atoms with Crippen LogP contribution in [0.2, 0.25) is 0 Å². The van der Waals surface area contributed by atoms with Crippen LogP contribution in [0.4, 0.5) is 5.69 Å². The second-order valence-electron chi connectivity index (χ2n) is 7.15. The number of benzene rings is 3. The maximum atomic E-state index is 13.2. The molecule has 35 heavy (non-hydrogen) atoms. The Labute approximate surface area is 206 Å². The molecule has 0 atom stereocenters. The molecule has 0 N–H and O–H groups in total. The van der Waals surface area contributed by atoms with Gasteiger partial charge in [0, 0.05) is 17.2 Å². The Bertz CT molecular complexity index is 1520. The van der Waals surface area contributed by atoms with E-state index in [0.29, 0.717) is 27.9 Å². The van der Waals surface area contributed by atoms with E-state index in [9.17, 15) is 19.7 Å². The minimum Gasteiger partial charge on any atom is -0.474 e. The van der Waals surface area contributed by atoms with E-state index in [0.717, 1.165) is 4.68 Å². The lowest BCUT2D eigenvalue weighted by molar-refractivity contribution is -0.385. The van der Waals surface area contributed by atoms with E-state index in [4.69, 9.17) is 4.74 Å². The van der Waals surface area contributed by atoms with Gasteiger partial charge >= 0.3 is 11.7 Å². The molecule has 1 heterocycles. The van der Waals surface area contributed by atoms with Crippen molar-refractivity contribution < 1.29 is 19.2 Å². The molecule has 0 saturated carbocycles. The lowest BCUT2D eigenvalue weighted by atomic mass is 10.2. The Morgan fingerprint density at radius 3 is 2.60 bits per heavy atom. The van der Waals surface area contributed by atoms with Crippen LogP contribution in [-0.2, 0) is 9.53 Å². The summed E-state index contributed by atoms with van der Waals surface area (Å²) in [5.74, 6) is -0.502. The van der Waals surface area contributed by atoms with Crippen LogP contribution in [0.5, 0.6) is 5.75 Å². The van der Waals surface area contributed by atoms with E-state index in [1.807, 2.05) is 18.2 Å². The number of aromatic nitrogens is 2. The zero-order chi connectivity index (χ0) is 24.9. The highest BCUT2D eigenvalue weighted by Crippen LogP contribution is 2.36. The standard InChI is InChI=1S/C24H17BrN4O6/c1-34-21(30)14-35-22-18(25)11-15(12-20(22)29(32)33)13-26-28-23(16-7-3-2-4-8-16)27-19-10-6-5-9-17(19)24(28)31/h2-13H,14H2,1H3. The monoisotopic (exact) mass is 536 g/mol. The number of hydrogen-bond acceptors (Lipinski definition) is 8. The first-order chi connectivity index (χ1) is 16.9. The van der Waals surface area contributed by atoms with Crippen LogP contribution >= 0.6 is 15.9 Å². The van der Waals surface area contributed by atoms with Crippen molar-refractivity contribution in [3.63, 3.8) is 0 Å². The summed E-state index contributed by atoms with van der Waals surface area (Å²) in [6.45, 7) is -0.498. The molecule has 0 radical (unpaired) electrons. The van der Waals surface area contributed by atoms with Crippen molar-refractivity contribution in [1.29, 1.82) is 0 Å². The van der Waals surface area contributed by atoms with Gasteiger partial charge in [0.25, 0.3) is 5.56 Å². The zero-order valence-electron chi connectivity index (χ0n) is 18.3. The molecule has 0 saturated heterocycles.